The summed E-state index contributed by atoms with van der Waals surface area (Å²) in [4.78, 5) is 25.4. The number of nitrogens with zero attached hydrogens (tertiary/aromatic N) is 3. The van der Waals surface area contributed by atoms with Gasteiger partial charge in [-0.05, 0) is 25.1 Å². The first-order chi connectivity index (χ1) is 12.5. The molecule has 0 saturated heterocycles. The number of carbonyl (C=O) groups excluding carboxylic acids is 1. The highest BCUT2D eigenvalue weighted by molar-refractivity contribution is 7.15. The summed E-state index contributed by atoms with van der Waals surface area (Å²) in [5.41, 5.74) is 0.802. The van der Waals surface area contributed by atoms with Crippen molar-refractivity contribution in [3.05, 3.63) is 47.7 Å². The van der Waals surface area contributed by atoms with E-state index in [2.05, 4.69) is 25.6 Å². The molecule has 0 aliphatic carbocycles. The van der Waals surface area contributed by atoms with E-state index < -0.39 is 0 Å². The molecule has 0 unspecified atom stereocenters. The highest BCUT2D eigenvalue weighted by Crippen LogP contribution is 2.29. The minimum absolute atomic E-state index is 0.0793. The maximum absolute atomic E-state index is 11.2. The lowest BCUT2D eigenvalue weighted by Crippen LogP contribution is -2.23. The lowest BCUT2D eigenvalue weighted by molar-refractivity contribution is -0.119. The third kappa shape index (κ3) is 4.34. The van der Waals surface area contributed by atoms with Gasteiger partial charge in [-0.1, -0.05) is 6.07 Å². The minimum Gasteiger partial charge on any atom is -0.497 e. The molecule has 2 N–H and O–H groups in total. The Kier molecular flexibility index (Phi) is 5.43. The van der Waals surface area contributed by atoms with E-state index in [1.54, 1.807) is 31.6 Å². The highest BCUT2D eigenvalue weighted by Gasteiger charge is 2.13. The number of amides is 1. The minimum atomic E-state index is -0.131. The maximum atomic E-state index is 11.2. The van der Waals surface area contributed by atoms with Crippen LogP contribution in [0.15, 0.2) is 42.7 Å². The molecule has 0 aliphatic rings. The van der Waals surface area contributed by atoms with E-state index >= 15 is 0 Å². The van der Waals surface area contributed by atoms with Gasteiger partial charge in [0.25, 0.3) is 0 Å². The van der Waals surface area contributed by atoms with E-state index in [0.717, 1.165) is 21.3 Å². The van der Waals surface area contributed by atoms with Crippen LogP contribution in [0.2, 0.25) is 0 Å². The number of aromatic nitrogens is 3. The Bertz CT molecular complexity index is 912. The number of hydrogen-bond acceptors (Lipinski definition) is 7. The van der Waals surface area contributed by atoms with Crippen LogP contribution in [-0.4, -0.2) is 28.0 Å². The standard InChI is InChI=1S/C18H19N5O2S/c1-11(21-12(2)24)18-20-10-15(26-18)14-5-4-6-16(22-14)23-17-9-13(25-3)7-8-19-17/h4-11H,1-3H3,(H,21,24)(H,19,22,23)/t11-/m0/s1. The topological polar surface area (TPSA) is 89.0 Å². The van der Waals surface area contributed by atoms with E-state index in [-0.39, 0.29) is 11.9 Å². The molecule has 0 spiro atoms. The number of pyridine rings is 2. The van der Waals surface area contributed by atoms with Crippen LogP contribution < -0.4 is 15.4 Å². The van der Waals surface area contributed by atoms with Crippen molar-refractivity contribution in [2.75, 3.05) is 12.4 Å². The summed E-state index contributed by atoms with van der Waals surface area (Å²) < 4.78 is 5.20. The first-order valence-corrected chi connectivity index (χ1v) is 8.84. The van der Waals surface area contributed by atoms with Crippen molar-refractivity contribution in [1.29, 1.82) is 0 Å². The zero-order valence-corrected chi connectivity index (χ0v) is 15.5. The third-order valence-electron chi connectivity index (χ3n) is 3.54. The number of nitrogens with one attached hydrogen (secondary N) is 2. The summed E-state index contributed by atoms with van der Waals surface area (Å²) in [5, 5.41) is 6.84. The Balaban J connectivity index is 1.79. The molecule has 0 aromatic carbocycles. The maximum Gasteiger partial charge on any atom is 0.217 e. The molecule has 0 aliphatic heterocycles. The Morgan fingerprint density at radius 3 is 2.85 bits per heavy atom. The molecule has 3 rings (SSSR count). The van der Waals surface area contributed by atoms with Crippen LogP contribution in [0.4, 0.5) is 11.6 Å². The van der Waals surface area contributed by atoms with Crippen molar-refractivity contribution in [2.45, 2.75) is 19.9 Å². The smallest absolute Gasteiger partial charge is 0.217 e. The molecule has 1 amide bonds. The quantitative estimate of drug-likeness (QED) is 0.691. The molecule has 7 nitrogen and oxygen atoms in total. The molecule has 3 heterocycles. The van der Waals surface area contributed by atoms with Crippen LogP contribution >= 0.6 is 11.3 Å². The van der Waals surface area contributed by atoms with Crippen molar-refractivity contribution >= 4 is 28.9 Å². The summed E-state index contributed by atoms with van der Waals surface area (Å²) >= 11 is 1.51. The van der Waals surface area contributed by atoms with Crippen LogP contribution in [0.25, 0.3) is 10.6 Å². The predicted molar refractivity (Wildman–Crippen MR) is 102 cm³/mol. The summed E-state index contributed by atoms with van der Waals surface area (Å²) in [5.74, 6) is 1.97. The number of hydrogen-bond donors (Lipinski definition) is 2. The second-order valence-corrected chi connectivity index (χ2v) is 6.66. The largest absolute Gasteiger partial charge is 0.497 e. The van der Waals surface area contributed by atoms with Gasteiger partial charge in [0.15, 0.2) is 0 Å². The van der Waals surface area contributed by atoms with Crippen molar-refractivity contribution < 1.29 is 9.53 Å². The normalized spacial score (nSPS) is 11.7. The fourth-order valence-electron chi connectivity index (χ4n) is 2.35. The summed E-state index contributed by atoms with van der Waals surface area (Å²) in [6.45, 7) is 3.40. The van der Waals surface area contributed by atoms with Gasteiger partial charge in [-0.2, -0.15) is 0 Å². The average Bonchev–Trinajstić information content (AvgIpc) is 3.12. The summed E-state index contributed by atoms with van der Waals surface area (Å²) in [7, 11) is 1.61. The van der Waals surface area contributed by atoms with Gasteiger partial charge in [-0.15, -0.1) is 11.3 Å². The van der Waals surface area contributed by atoms with Crippen LogP contribution in [0, 0.1) is 0 Å². The number of carbonyl (C=O) groups is 1. The van der Waals surface area contributed by atoms with Gasteiger partial charge in [-0.25, -0.2) is 15.0 Å². The molecule has 0 saturated carbocycles. The summed E-state index contributed by atoms with van der Waals surface area (Å²) in [6.07, 6.45) is 3.44. The van der Waals surface area contributed by atoms with Crippen LogP contribution in [-0.2, 0) is 4.79 Å². The van der Waals surface area contributed by atoms with Gasteiger partial charge >= 0.3 is 0 Å². The molecule has 8 heteroatoms. The Morgan fingerprint density at radius 1 is 1.23 bits per heavy atom. The molecule has 0 radical (unpaired) electrons. The number of anilines is 2. The molecule has 3 aromatic heterocycles. The lowest BCUT2D eigenvalue weighted by atomic mass is 10.3. The second kappa shape index (κ2) is 7.92. The Hall–Kier alpha value is -3.00. The number of rotatable bonds is 6. The van der Waals surface area contributed by atoms with Crippen LogP contribution in [0.5, 0.6) is 5.75 Å². The molecule has 1 atom stereocenters. The van der Waals surface area contributed by atoms with Crippen molar-refractivity contribution in [3.63, 3.8) is 0 Å². The van der Waals surface area contributed by atoms with Crippen molar-refractivity contribution in [2.24, 2.45) is 0 Å². The molecule has 0 fully saturated rings. The van der Waals surface area contributed by atoms with Crippen LogP contribution in [0.3, 0.4) is 0 Å². The van der Waals surface area contributed by atoms with Gasteiger partial charge in [-0.3, -0.25) is 4.79 Å². The second-order valence-electron chi connectivity index (χ2n) is 5.60. The third-order valence-corrected chi connectivity index (χ3v) is 4.74. The highest BCUT2D eigenvalue weighted by atomic mass is 32.1. The first kappa shape index (κ1) is 17.8. The molecule has 3 aromatic rings. The van der Waals surface area contributed by atoms with Crippen LogP contribution in [0.1, 0.15) is 24.9 Å². The molecule has 26 heavy (non-hydrogen) atoms. The first-order valence-electron chi connectivity index (χ1n) is 8.02. The Labute approximate surface area is 155 Å². The monoisotopic (exact) mass is 369 g/mol. The van der Waals surface area contributed by atoms with E-state index in [4.69, 9.17) is 4.74 Å². The molecule has 134 valence electrons. The Morgan fingerprint density at radius 2 is 2.08 bits per heavy atom. The predicted octanol–water partition coefficient (Wildman–Crippen LogP) is 3.55. The van der Waals surface area contributed by atoms with E-state index in [1.807, 2.05) is 25.1 Å². The van der Waals surface area contributed by atoms with Gasteiger partial charge < -0.3 is 15.4 Å². The molecular weight excluding hydrogens is 350 g/mol. The fourth-order valence-corrected chi connectivity index (χ4v) is 3.24. The zero-order chi connectivity index (χ0) is 18.5. The van der Waals surface area contributed by atoms with Crippen molar-refractivity contribution in [1.82, 2.24) is 20.3 Å². The van der Waals surface area contributed by atoms with Gasteiger partial charge in [0, 0.05) is 25.4 Å². The number of thiazole rings is 1. The van der Waals surface area contributed by atoms with E-state index in [1.165, 1.54) is 18.3 Å². The number of methoxy groups -OCH3 is 1. The molecular formula is C18H19N5O2S. The van der Waals surface area contributed by atoms with E-state index in [0.29, 0.717) is 11.6 Å². The van der Waals surface area contributed by atoms with Gasteiger partial charge in [0.2, 0.25) is 5.91 Å². The summed E-state index contributed by atoms with van der Waals surface area (Å²) in [6, 6.07) is 9.16. The lowest BCUT2D eigenvalue weighted by Gasteiger charge is -2.08. The average molecular weight is 369 g/mol. The molecule has 0 bridgehead atoms. The van der Waals surface area contributed by atoms with Gasteiger partial charge in [0.05, 0.1) is 23.7 Å². The SMILES string of the molecule is COc1ccnc(Nc2cccc(-c3cnc([C@H](C)NC(C)=O)s3)n2)c1. The van der Waals surface area contributed by atoms with Gasteiger partial charge in [0.1, 0.15) is 22.4 Å². The van der Waals surface area contributed by atoms with Crippen molar-refractivity contribution in [3.8, 4) is 16.3 Å². The van der Waals surface area contributed by atoms with E-state index in [9.17, 15) is 4.79 Å². The fraction of sp³-hybridized carbons (Fsp3) is 0.222. The number of ether oxygens (including phenoxy) is 1. The zero-order valence-electron chi connectivity index (χ0n) is 14.7.